The van der Waals surface area contributed by atoms with Gasteiger partial charge >= 0.3 is 5.97 Å². The topological polar surface area (TPSA) is 35.5 Å². The van der Waals surface area contributed by atoms with E-state index in [9.17, 15) is 4.79 Å². The van der Waals surface area contributed by atoms with Crippen LogP contribution in [0.1, 0.15) is 17.3 Å². The van der Waals surface area contributed by atoms with Gasteiger partial charge in [0, 0.05) is 0 Å². The lowest BCUT2D eigenvalue weighted by Crippen LogP contribution is -2.02. The van der Waals surface area contributed by atoms with Gasteiger partial charge in [0.15, 0.2) is 0 Å². The zero-order valence-corrected chi connectivity index (χ0v) is 10.2. The van der Waals surface area contributed by atoms with Crippen molar-refractivity contribution in [2.24, 2.45) is 0 Å². The lowest BCUT2D eigenvalue weighted by Gasteiger charge is -2.07. The van der Waals surface area contributed by atoms with E-state index in [4.69, 9.17) is 4.74 Å². The summed E-state index contributed by atoms with van der Waals surface area (Å²) in [5.41, 5.74) is 0.511. The first-order valence-electron chi connectivity index (χ1n) is 4.19. The Morgan fingerprint density at radius 3 is 2.79 bits per heavy atom. The molecule has 1 aromatic rings. The highest BCUT2D eigenvalue weighted by Crippen LogP contribution is 2.22. The summed E-state index contributed by atoms with van der Waals surface area (Å²) in [5.74, 6) is 0.373. The van der Waals surface area contributed by atoms with E-state index >= 15 is 0 Å². The third-order valence-corrected chi connectivity index (χ3v) is 2.54. The highest BCUT2D eigenvalue weighted by Gasteiger charge is 2.08. The monoisotopic (exact) mass is 306 g/mol. The van der Waals surface area contributed by atoms with Crippen LogP contribution in [0.15, 0.2) is 18.2 Å². The van der Waals surface area contributed by atoms with Crippen molar-refractivity contribution in [3.63, 3.8) is 0 Å². The Morgan fingerprint density at radius 2 is 2.21 bits per heavy atom. The first-order chi connectivity index (χ1) is 6.69. The van der Waals surface area contributed by atoms with Crippen LogP contribution in [0.25, 0.3) is 0 Å². The summed E-state index contributed by atoms with van der Waals surface area (Å²) in [6, 6.07) is 5.24. The molecule has 0 aliphatic rings. The molecule has 0 atom stereocenters. The van der Waals surface area contributed by atoms with Crippen molar-refractivity contribution in [2.75, 3.05) is 13.7 Å². The lowest BCUT2D eigenvalue weighted by atomic mass is 10.2. The molecule has 0 aliphatic heterocycles. The quantitative estimate of drug-likeness (QED) is 0.636. The largest absolute Gasteiger partial charge is 0.493 e. The predicted octanol–water partition coefficient (Wildman–Crippen LogP) is 2.48. The molecule has 1 rings (SSSR count). The number of carbonyl (C=O) groups is 1. The Hall–Kier alpha value is -0.780. The van der Waals surface area contributed by atoms with Gasteiger partial charge in [-0.3, -0.25) is 0 Å². The molecule has 0 saturated heterocycles. The molecule has 0 amide bonds. The molecular weight excluding hydrogens is 295 g/mol. The fourth-order valence-electron chi connectivity index (χ4n) is 1.01. The van der Waals surface area contributed by atoms with Gasteiger partial charge in [-0.05, 0) is 47.7 Å². The van der Waals surface area contributed by atoms with Crippen molar-refractivity contribution in [2.45, 2.75) is 6.92 Å². The normalized spacial score (nSPS) is 9.64. The third-order valence-electron chi connectivity index (χ3n) is 1.65. The van der Waals surface area contributed by atoms with Crippen molar-refractivity contribution in [3.05, 3.63) is 27.3 Å². The third kappa shape index (κ3) is 2.60. The van der Waals surface area contributed by atoms with Crippen LogP contribution in [0.4, 0.5) is 0 Å². The number of hydrogen-bond acceptors (Lipinski definition) is 3. The average molecular weight is 306 g/mol. The second kappa shape index (κ2) is 5.19. The number of esters is 1. The maximum Gasteiger partial charge on any atom is 0.337 e. The fraction of sp³-hybridized carbons (Fsp3) is 0.300. The van der Waals surface area contributed by atoms with Gasteiger partial charge in [-0.2, -0.15) is 0 Å². The van der Waals surface area contributed by atoms with Crippen molar-refractivity contribution in [1.29, 1.82) is 0 Å². The Morgan fingerprint density at radius 1 is 1.50 bits per heavy atom. The van der Waals surface area contributed by atoms with E-state index in [1.807, 2.05) is 13.0 Å². The average Bonchev–Trinajstić information content (AvgIpc) is 2.20. The summed E-state index contributed by atoms with van der Waals surface area (Å²) in [6.07, 6.45) is 0. The lowest BCUT2D eigenvalue weighted by molar-refractivity contribution is 0.0600. The Bertz CT molecular complexity index is 336. The number of benzene rings is 1. The summed E-state index contributed by atoms with van der Waals surface area (Å²) in [4.78, 5) is 11.2. The highest BCUT2D eigenvalue weighted by molar-refractivity contribution is 14.1. The van der Waals surface area contributed by atoms with E-state index in [1.165, 1.54) is 7.11 Å². The second-order valence-corrected chi connectivity index (χ2v) is 3.73. The molecule has 0 fully saturated rings. The van der Waals surface area contributed by atoms with Gasteiger partial charge in [0.25, 0.3) is 0 Å². The van der Waals surface area contributed by atoms with Crippen molar-refractivity contribution in [3.8, 4) is 5.75 Å². The number of halogens is 1. The molecule has 0 aromatic heterocycles. The maximum absolute atomic E-state index is 11.2. The summed E-state index contributed by atoms with van der Waals surface area (Å²) in [5, 5.41) is 0. The summed E-state index contributed by atoms with van der Waals surface area (Å²) < 4.78 is 11.0. The van der Waals surface area contributed by atoms with E-state index in [0.717, 1.165) is 9.32 Å². The van der Waals surface area contributed by atoms with E-state index in [2.05, 4.69) is 27.3 Å². The zero-order chi connectivity index (χ0) is 10.6. The molecule has 0 spiro atoms. The Balaban J connectivity index is 2.99. The number of carbonyl (C=O) groups excluding carboxylic acids is 1. The Kier molecular flexibility index (Phi) is 4.19. The number of methoxy groups -OCH3 is 1. The van der Waals surface area contributed by atoms with Crippen molar-refractivity contribution < 1.29 is 14.3 Å². The molecule has 3 nitrogen and oxygen atoms in total. The molecule has 0 heterocycles. The smallest absolute Gasteiger partial charge is 0.337 e. The second-order valence-electron chi connectivity index (χ2n) is 2.57. The van der Waals surface area contributed by atoms with Gasteiger partial charge in [0.2, 0.25) is 0 Å². The number of hydrogen-bond donors (Lipinski definition) is 0. The predicted molar refractivity (Wildman–Crippen MR) is 61.7 cm³/mol. The van der Waals surface area contributed by atoms with Crippen LogP contribution in [0.5, 0.6) is 5.75 Å². The van der Waals surface area contributed by atoms with Gasteiger partial charge < -0.3 is 9.47 Å². The van der Waals surface area contributed by atoms with E-state index in [1.54, 1.807) is 12.1 Å². The van der Waals surface area contributed by atoms with Crippen molar-refractivity contribution in [1.82, 2.24) is 0 Å². The van der Waals surface area contributed by atoms with Crippen LogP contribution in [0.2, 0.25) is 0 Å². The molecule has 0 N–H and O–H groups in total. The van der Waals surface area contributed by atoms with Gasteiger partial charge in [-0.15, -0.1) is 0 Å². The SMILES string of the molecule is CCOc1cc(C(=O)OC)ccc1I. The summed E-state index contributed by atoms with van der Waals surface area (Å²) in [7, 11) is 1.36. The molecule has 0 bridgehead atoms. The molecule has 1 aromatic carbocycles. The van der Waals surface area contributed by atoms with Crippen LogP contribution in [-0.4, -0.2) is 19.7 Å². The number of ether oxygens (including phenoxy) is 2. The molecular formula is C10H11IO3. The van der Waals surface area contributed by atoms with Gasteiger partial charge in [0.05, 0.1) is 22.9 Å². The zero-order valence-electron chi connectivity index (χ0n) is 8.04. The molecule has 0 saturated carbocycles. The summed E-state index contributed by atoms with van der Waals surface area (Å²) in [6.45, 7) is 2.49. The van der Waals surface area contributed by atoms with Crippen LogP contribution in [0.3, 0.4) is 0 Å². The fourth-order valence-corrected chi connectivity index (χ4v) is 1.51. The Labute approximate surface area is 96.5 Å². The standard InChI is InChI=1S/C10H11IO3/c1-3-14-9-6-7(10(12)13-2)4-5-8(9)11/h4-6H,3H2,1-2H3. The highest BCUT2D eigenvalue weighted by atomic mass is 127. The molecule has 4 heteroatoms. The molecule has 0 radical (unpaired) electrons. The van der Waals surface area contributed by atoms with E-state index in [-0.39, 0.29) is 5.97 Å². The van der Waals surface area contributed by atoms with Crippen LogP contribution < -0.4 is 4.74 Å². The van der Waals surface area contributed by atoms with E-state index in [0.29, 0.717) is 12.2 Å². The van der Waals surface area contributed by atoms with E-state index < -0.39 is 0 Å². The van der Waals surface area contributed by atoms with Gasteiger partial charge in [-0.1, -0.05) is 0 Å². The van der Waals surface area contributed by atoms with Gasteiger partial charge in [0.1, 0.15) is 5.75 Å². The minimum absolute atomic E-state index is 0.345. The molecule has 14 heavy (non-hydrogen) atoms. The molecule has 0 unspecified atom stereocenters. The molecule has 0 aliphatic carbocycles. The van der Waals surface area contributed by atoms with Gasteiger partial charge in [-0.25, -0.2) is 4.79 Å². The molecule has 76 valence electrons. The minimum atomic E-state index is -0.345. The first-order valence-corrected chi connectivity index (χ1v) is 5.27. The maximum atomic E-state index is 11.2. The minimum Gasteiger partial charge on any atom is -0.493 e. The first kappa shape index (κ1) is 11.3. The van der Waals surface area contributed by atoms with Crippen LogP contribution in [-0.2, 0) is 4.74 Å². The summed E-state index contributed by atoms with van der Waals surface area (Å²) >= 11 is 2.16. The van der Waals surface area contributed by atoms with Crippen LogP contribution >= 0.6 is 22.6 Å². The number of rotatable bonds is 3. The van der Waals surface area contributed by atoms with Crippen molar-refractivity contribution >= 4 is 28.6 Å². The van der Waals surface area contributed by atoms with Crippen LogP contribution in [0, 0.1) is 3.57 Å².